The average molecular weight is 427 g/mol. The monoisotopic (exact) mass is 426 g/mol. The van der Waals surface area contributed by atoms with E-state index in [2.05, 4.69) is 50.4 Å². The van der Waals surface area contributed by atoms with Gasteiger partial charge in [0, 0.05) is 41.1 Å². The number of pyridine rings is 1. The predicted molar refractivity (Wildman–Crippen MR) is 123 cm³/mol. The first-order valence-corrected chi connectivity index (χ1v) is 10.6. The normalized spacial score (nSPS) is 13.7. The van der Waals surface area contributed by atoms with Gasteiger partial charge in [0.2, 0.25) is 0 Å². The third kappa shape index (κ3) is 3.20. The topological polar surface area (TPSA) is 59.2 Å². The molecule has 0 bridgehead atoms. The summed E-state index contributed by atoms with van der Waals surface area (Å²) < 4.78 is 1.85. The molecule has 0 atom stereocenters. The lowest BCUT2D eigenvalue weighted by atomic mass is 10.0. The Labute approximate surface area is 184 Å². The second-order valence-corrected chi connectivity index (χ2v) is 8.42. The van der Waals surface area contributed by atoms with Gasteiger partial charge in [0.1, 0.15) is 12.1 Å². The first-order chi connectivity index (χ1) is 15.2. The molecule has 0 saturated heterocycles. The molecule has 6 nitrogen and oxygen atoms in total. The molecule has 0 unspecified atom stereocenters. The standard InChI is InChI=1S/C24H19ClN6/c1-30(23-21-8-7-19(25)11-22(21)31-14-27-29-24(31)28-23)20-4-2-3-16(10-20)18-9-17(12-26-13-18)15-5-6-15/h2-4,7-15H,5-6H2,1H3. The van der Waals surface area contributed by atoms with Crippen LogP contribution in [0, 0.1) is 0 Å². The molecule has 3 aromatic heterocycles. The summed E-state index contributed by atoms with van der Waals surface area (Å²) in [7, 11) is 2.02. The fourth-order valence-electron chi connectivity index (χ4n) is 4.05. The van der Waals surface area contributed by atoms with Crippen molar-refractivity contribution in [1.29, 1.82) is 0 Å². The minimum absolute atomic E-state index is 0.536. The van der Waals surface area contributed by atoms with Crippen LogP contribution in [0.2, 0.25) is 5.02 Å². The zero-order chi connectivity index (χ0) is 20.9. The summed E-state index contributed by atoms with van der Waals surface area (Å²) in [5, 5.41) is 9.81. The minimum atomic E-state index is 0.536. The van der Waals surface area contributed by atoms with Gasteiger partial charge in [0.05, 0.1) is 5.52 Å². The highest BCUT2D eigenvalue weighted by Gasteiger charge is 2.24. The molecular formula is C24H19ClN6. The lowest BCUT2D eigenvalue weighted by Crippen LogP contribution is -2.13. The molecule has 1 aliphatic carbocycles. The molecule has 1 saturated carbocycles. The number of aromatic nitrogens is 5. The Bertz CT molecular complexity index is 1440. The maximum absolute atomic E-state index is 6.27. The van der Waals surface area contributed by atoms with E-state index in [1.54, 1.807) is 6.33 Å². The maximum Gasteiger partial charge on any atom is 0.257 e. The van der Waals surface area contributed by atoms with E-state index >= 15 is 0 Å². The van der Waals surface area contributed by atoms with E-state index in [4.69, 9.17) is 16.6 Å². The first kappa shape index (κ1) is 18.3. The van der Waals surface area contributed by atoms with E-state index in [0.717, 1.165) is 33.5 Å². The van der Waals surface area contributed by atoms with Crippen LogP contribution in [0.25, 0.3) is 27.8 Å². The van der Waals surface area contributed by atoms with Crippen LogP contribution in [0.3, 0.4) is 0 Å². The van der Waals surface area contributed by atoms with Gasteiger partial charge in [-0.05, 0) is 66.3 Å². The number of fused-ring (bicyclic) bond motifs is 3. The summed E-state index contributed by atoms with van der Waals surface area (Å²) in [6.07, 6.45) is 8.11. The van der Waals surface area contributed by atoms with Crippen LogP contribution in [-0.4, -0.2) is 31.6 Å². The van der Waals surface area contributed by atoms with Crippen molar-refractivity contribution in [2.24, 2.45) is 0 Å². The SMILES string of the molecule is CN(c1cccc(-c2cncc(C3CC3)c2)c1)c1nc2nncn2c2cc(Cl)ccc12. The molecule has 1 aliphatic rings. The Balaban J connectivity index is 1.46. The average Bonchev–Trinajstić information content (AvgIpc) is 3.55. The summed E-state index contributed by atoms with van der Waals surface area (Å²) in [6.45, 7) is 0. The van der Waals surface area contributed by atoms with Gasteiger partial charge in [-0.25, -0.2) is 0 Å². The van der Waals surface area contributed by atoms with Crippen LogP contribution in [0.15, 0.2) is 67.3 Å². The molecule has 6 rings (SSSR count). The number of anilines is 2. The lowest BCUT2D eigenvalue weighted by Gasteiger charge is -2.21. The molecule has 0 spiro atoms. The Morgan fingerprint density at radius 3 is 2.81 bits per heavy atom. The van der Waals surface area contributed by atoms with E-state index in [1.165, 1.54) is 18.4 Å². The van der Waals surface area contributed by atoms with E-state index < -0.39 is 0 Å². The van der Waals surface area contributed by atoms with Crippen molar-refractivity contribution in [3.8, 4) is 11.1 Å². The van der Waals surface area contributed by atoms with Crippen molar-refractivity contribution < 1.29 is 0 Å². The molecule has 5 aromatic rings. The molecule has 3 heterocycles. The van der Waals surface area contributed by atoms with Crippen molar-refractivity contribution in [2.75, 3.05) is 11.9 Å². The smallest absolute Gasteiger partial charge is 0.257 e. The summed E-state index contributed by atoms with van der Waals surface area (Å²) in [4.78, 5) is 11.3. The third-order valence-corrected chi connectivity index (χ3v) is 6.12. The number of nitrogens with zero attached hydrogens (tertiary/aromatic N) is 6. The largest absolute Gasteiger partial charge is 0.329 e. The van der Waals surface area contributed by atoms with Crippen molar-refractivity contribution in [1.82, 2.24) is 24.6 Å². The fourth-order valence-corrected chi connectivity index (χ4v) is 4.22. The summed E-state index contributed by atoms with van der Waals surface area (Å²) in [5.41, 5.74) is 5.55. The molecule has 2 aromatic carbocycles. The lowest BCUT2D eigenvalue weighted by molar-refractivity contribution is 1.08. The van der Waals surface area contributed by atoms with E-state index in [-0.39, 0.29) is 0 Å². The molecule has 31 heavy (non-hydrogen) atoms. The number of hydrogen-bond donors (Lipinski definition) is 0. The Kier molecular flexibility index (Phi) is 4.14. The highest BCUT2D eigenvalue weighted by atomic mass is 35.5. The number of benzene rings is 2. The third-order valence-electron chi connectivity index (χ3n) is 5.89. The zero-order valence-electron chi connectivity index (χ0n) is 16.9. The fraction of sp³-hybridized carbons (Fsp3) is 0.167. The first-order valence-electron chi connectivity index (χ1n) is 10.3. The molecule has 7 heteroatoms. The van der Waals surface area contributed by atoms with Crippen LogP contribution >= 0.6 is 11.6 Å². The van der Waals surface area contributed by atoms with E-state index in [0.29, 0.717) is 16.7 Å². The van der Waals surface area contributed by atoms with Gasteiger partial charge in [-0.3, -0.25) is 9.38 Å². The number of halogens is 1. The number of rotatable bonds is 4. The molecular weight excluding hydrogens is 408 g/mol. The zero-order valence-corrected chi connectivity index (χ0v) is 17.7. The van der Waals surface area contributed by atoms with Gasteiger partial charge in [-0.2, -0.15) is 4.98 Å². The summed E-state index contributed by atoms with van der Waals surface area (Å²) in [6, 6.07) is 16.5. The second-order valence-electron chi connectivity index (χ2n) is 7.99. The van der Waals surface area contributed by atoms with Crippen LogP contribution < -0.4 is 4.90 Å². The molecule has 0 radical (unpaired) electrons. The van der Waals surface area contributed by atoms with Crippen LogP contribution in [0.1, 0.15) is 24.3 Å². The summed E-state index contributed by atoms with van der Waals surface area (Å²) in [5.74, 6) is 2.01. The Morgan fingerprint density at radius 1 is 1.03 bits per heavy atom. The van der Waals surface area contributed by atoms with Crippen molar-refractivity contribution in [3.05, 3.63) is 77.8 Å². The van der Waals surface area contributed by atoms with Crippen molar-refractivity contribution in [2.45, 2.75) is 18.8 Å². The van der Waals surface area contributed by atoms with Crippen molar-refractivity contribution in [3.63, 3.8) is 0 Å². The predicted octanol–water partition coefficient (Wildman–Crippen LogP) is 5.64. The maximum atomic E-state index is 6.27. The minimum Gasteiger partial charge on any atom is -0.329 e. The van der Waals surface area contributed by atoms with Gasteiger partial charge >= 0.3 is 0 Å². The van der Waals surface area contributed by atoms with Gasteiger partial charge in [0.15, 0.2) is 0 Å². The van der Waals surface area contributed by atoms with Gasteiger partial charge in [0.25, 0.3) is 5.78 Å². The molecule has 0 amide bonds. The van der Waals surface area contributed by atoms with E-state index in [9.17, 15) is 0 Å². The number of hydrogen-bond acceptors (Lipinski definition) is 5. The molecule has 0 N–H and O–H groups in total. The van der Waals surface area contributed by atoms with Crippen LogP contribution in [-0.2, 0) is 0 Å². The van der Waals surface area contributed by atoms with Gasteiger partial charge in [-0.15, -0.1) is 10.2 Å². The van der Waals surface area contributed by atoms with Crippen LogP contribution in [0.4, 0.5) is 11.5 Å². The highest BCUT2D eigenvalue weighted by Crippen LogP contribution is 2.41. The molecule has 152 valence electrons. The van der Waals surface area contributed by atoms with E-state index in [1.807, 2.05) is 42.0 Å². The summed E-state index contributed by atoms with van der Waals surface area (Å²) >= 11 is 6.27. The van der Waals surface area contributed by atoms with Crippen LogP contribution in [0.5, 0.6) is 0 Å². The highest BCUT2D eigenvalue weighted by molar-refractivity contribution is 6.31. The molecule has 0 aliphatic heterocycles. The Morgan fingerprint density at radius 2 is 1.94 bits per heavy atom. The van der Waals surface area contributed by atoms with Crippen molar-refractivity contribution >= 4 is 39.8 Å². The quantitative estimate of drug-likeness (QED) is 0.372. The van der Waals surface area contributed by atoms with Gasteiger partial charge < -0.3 is 4.90 Å². The van der Waals surface area contributed by atoms with Gasteiger partial charge in [-0.1, -0.05) is 23.7 Å². The second kappa shape index (κ2) is 7.03. The molecule has 1 fully saturated rings. The Hall–Kier alpha value is -3.51.